The summed E-state index contributed by atoms with van der Waals surface area (Å²) in [7, 11) is 0. The molecule has 0 aromatic rings. The van der Waals surface area contributed by atoms with E-state index in [9.17, 15) is 9.59 Å². The van der Waals surface area contributed by atoms with Gasteiger partial charge in [-0.15, -0.1) is 0 Å². The minimum Gasteiger partial charge on any atom is -0.480 e. The van der Waals surface area contributed by atoms with Crippen molar-refractivity contribution in [3.63, 3.8) is 0 Å². The molecule has 0 bridgehead atoms. The van der Waals surface area contributed by atoms with Crippen molar-refractivity contribution in [2.24, 2.45) is 17.6 Å². The Balaban J connectivity index is 2.51. The predicted molar refractivity (Wildman–Crippen MR) is 59.8 cm³/mol. The third kappa shape index (κ3) is 4.18. The van der Waals surface area contributed by atoms with E-state index < -0.39 is 5.97 Å². The minimum absolute atomic E-state index is 0.0836. The molecular formula is C11H20N2O3. The number of carboxylic acid groups (broad SMARTS) is 1. The van der Waals surface area contributed by atoms with Crippen LogP contribution < -0.4 is 5.73 Å². The van der Waals surface area contributed by atoms with E-state index in [1.807, 2.05) is 0 Å². The van der Waals surface area contributed by atoms with Gasteiger partial charge < -0.3 is 15.7 Å². The van der Waals surface area contributed by atoms with Gasteiger partial charge in [-0.05, 0) is 31.7 Å². The fourth-order valence-corrected chi connectivity index (χ4v) is 1.69. The second kappa shape index (κ2) is 5.84. The van der Waals surface area contributed by atoms with Gasteiger partial charge in [-0.3, -0.25) is 9.59 Å². The molecule has 0 aromatic heterocycles. The molecule has 5 nitrogen and oxygen atoms in total. The summed E-state index contributed by atoms with van der Waals surface area (Å²) in [4.78, 5) is 24.1. The third-order valence-corrected chi connectivity index (χ3v) is 2.83. The highest BCUT2D eigenvalue weighted by molar-refractivity contribution is 5.82. The van der Waals surface area contributed by atoms with Crippen LogP contribution in [0.2, 0.25) is 0 Å². The molecule has 0 aliphatic heterocycles. The zero-order chi connectivity index (χ0) is 12.1. The van der Waals surface area contributed by atoms with Gasteiger partial charge in [-0.2, -0.15) is 0 Å². The average Bonchev–Trinajstić information content (AvgIpc) is 2.99. The fourth-order valence-electron chi connectivity index (χ4n) is 1.69. The maximum atomic E-state index is 11.9. The Labute approximate surface area is 95.6 Å². The Morgan fingerprint density at radius 2 is 2.12 bits per heavy atom. The first-order valence-corrected chi connectivity index (χ1v) is 5.75. The maximum absolute atomic E-state index is 11.9. The molecule has 1 amide bonds. The highest BCUT2D eigenvalue weighted by Crippen LogP contribution is 2.30. The Morgan fingerprint density at radius 1 is 1.50 bits per heavy atom. The first-order chi connectivity index (χ1) is 7.54. The molecule has 0 radical (unpaired) electrons. The number of carboxylic acids is 1. The molecule has 1 aliphatic carbocycles. The predicted octanol–water partition coefficient (Wildman–Crippen LogP) is 0.294. The molecular weight excluding hydrogens is 208 g/mol. The van der Waals surface area contributed by atoms with Crippen LogP contribution >= 0.6 is 0 Å². The number of hydrogen-bond acceptors (Lipinski definition) is 3. The Morgan fingerprint density at radius 3 is 2.56 bits per heavy atom. The van der Waals surface area contributed by atoms with Crippen molar-refractivity contribution in [3.05, 3.63) is 0 Å². The van der Waals surface area contributed by atoms with Crippen LogP contribution in [0.3, 0.4) is 0 Å². The van der Waals surface area contributed by atoms with E-state index in [2.05, 4.69) is 0 Å². The molecule has 1 saturated carbocycles. The molecule has 1 unspecified atom stereocenters. The van der Waals surface area contributed by atoms with Gasteiger partial charge >= 0.3 is 5.97 Å². The standard InChI is InChI=1S/C11H20N2O3/c1-8(4-5-12)11(16)13(7-10(14)15)6-9-2-3-9/h8-9H,2-7,12H2,1H3,(H,14,15). The summed E-state index contributed by atoms with van der Waals surface area (Å²) in [5, 5.41) is 8.76. The van der Waals surface area contributed by atoms with Crippen LogP contribution in [0, 0.1) is 11.8 Å². The van der Waals surface area contributed by atoms with Crippen molar-refractivity contribution >= 4 is 11.9 Å². The van der Waals surface area contributed by atoms with E-state index >= 15 is 0 Å². The summed E-state index contributed by atoms with van der Waals surface area (Å²) < 4.78 is 0. The minimum atomic E-state index is -0.950. The highest BCUT2D eigenvalue weighted by atomic mass is 16.4. The zero-order valence-electron chi connectivity index (χ0n) is 9.69. The molecule has 1 atom stereocenters. The van der Waals surface area contributed by atoms with Crippen molar-refractivity contribution in [3.8, 4) is 0 Å². The number of hydrogen-bond donors (Lipinski definition) is 2. The molecule has 1 fully saturated rings. The largest absolute Gasteiger partial charge is 0.480 e. The van der Waals surface area contributed by atoms with E-state index in [-0.39, 0.29) is 18.4 Å². The first-order valence-electron chi connectivity index (χ1n) is 5.75. The lowest BCUT2D eigenvalue weighted by atomic mass is 10.1. The highest BCUT2D eigenvalue weighted by Gasteiger charge is 2.29. The molecule has 0 aromatic carbocycles. The van der Waals surface area contributed by atoms with Crippen molar-refractivity contribution in [1.29, 1.82) is 0 Å². The van der Waals surface area contributed by atoms with E-state index in [1.54, 1.807) is 6.92 Å². The maximum Gasteiger partial charge on any atom is 0.323 e. The summed E-state index contributed by atoms with van der Waals surface area (Å²) in [5.74, 6) is -0.704. The smallest absolute Gasteiger partial charge is 0.323 e. The number of carbonyl (C=O) groups excluding carboxylic acids is 1. The second-order valence-electron chi connectivity index (χ2n) is 4.53. The number of nitrogens with two attached hydrogens (primary N) is 1. The molecule has 16 heavy (non-hydrogen) atoms. The summed E-state index contributed by atoms with van der Waals surface area (Å²) >= 11 is 0. The first kappa shape index (κ1) is 13.0. The Kier molecular flexibility index (Phi) is 4.73. The molecule has 1 aliphatic rings. The number of rotatable bonds is 7. The molecule has 0 heterocycles. The Hall–Kier alpha value is -1.10. The molecule has 5 heteroatoms. The van der Waals surface area contributed by atoms with Gasteiger partial charge in [0.2, 0.25) is 5.91 Å². The molecule has 1 rings (SSSR count). The van der Waals surface area contributed by atoms with Crippen LogP contribution in [-0.4, -0.2) is 41.5 Å². The molecule has 3 N–H and O–H groups in total. The Bertz CT molecular complexity index is 264. The van der Waals surface area contributed by atoms with Crippen molar-refractivity contribution in [2.45, 2.75) is 26.2 Å². The van der Waals surface area contributed by atoms with Gasteiger partial charge in [-0.1, -0.05) is 6.92 Å². The number of nitrogens with zero attached hydrogens (tertiary/aromatic N) is 1. The number of aliphatic carboxylic acids is 1. The zero-order valence-corrected chi connectivity index (χ0v) is 9.69. The van der Waals surface area contributed by atoms with E-state index in [0.29, 0.717) is 25.4 Å². The molecule has 0 saturated heterocycles. The summed E-state index contributed by atoms with van der Waals surface area (Å²) in [6, 6.07) is 0. The van der Waals surface area contributed by atoms with Crippen LogP contribution in [0.25, 0.3) is 0 Å². The summed E-state index contributed by atoms with van der Waals surface area (Å²) in [6.45, 7) is 2.65. The van der Waals surface area contributed by atoms with Gasteiger partial charge in [0.25, 0.3) is 0 Å². The van der Waals surface area contributed by atoms with Crippen molar-refractivity contribution in [1.82, 2.24) is 4.90 Å². The lowest BCUT2D eigenvalue weighted by Crippen LogP contribution is -2.40. The van der Waals surface area contributed by atoms with E-state index in [1.165, 1.54) is 4.90 Å². The molecule has 0 spiro atoms. The fraction of sp³-hybridized carbons (Fsp3) is 0.818. The topological polar surface area (TPSA) is 83.6 Å². The average molecular weight is 228 g/mol. The van der Waals surface area contributed by atoms with Gasteiger partial charge in [-0.25, -0.2) is 0 Å². The van der Waals surface area contributed by atoms with Crippen LogP contribution in [-0.2, 0) is 9.59 Å². The normalized spacial score (nSPS) is 16.9. The monoisotopic (exact) mass is 228 g/mol. The number of amides is 1. The van der Waals surface area contributed by atoms with Gasteiger partial charge in [0.15, 0.2) is 0 Å². The van der Waals surface area contributed by atoms with Gasteiger partial charge in [0, 0.05) is 12.5 Å². The lowest BCUT2D eigenvalue weighted by molar-refractivity contribution is -0.146. The van der Waals surface area contributed by atoms with E-state index in [4.69, 9.17) is 10.8 Å². The van der Waals surface area contributed by atoms with Crippen LogP contribution in [0.15, 0.2) is 0 Å². The van der Waals surface area contributed by atoms with Crippen LogP contribution in [0.4, 0.5) is 0 Å². The second-order valence-corrected chi connectivity index (χ2v) is 4.53. The quantitative estimate of drug-likeness (QED) is 0.656. The third-order valence-electron chi connectivity index (χ3n) is 2.83. The molecule has 92 valence electrons. The van der Waals surface area contributed by atoms with Gasteiger partial charge in [0.1, 0.15) is 6.54 Å². The summed E-state index contributed by atoms with van der Waals surface area (Å²) in [5.41, 5.74) is 5.40. The van der Waals surface area contributed by atoms with Crippen molar-refractivity contribution in [2.75, 3.05) is 19.6 Å². The SMILES string of the molecule is CC(CCN)C(=O)N(CC(=O)O)CC1CC1. The van der Waals surface area contributed by atoms with Crippen LogP contribution in [0.1, 0.15) is 26.2 Å². The lowest BCUT2D eigenvalue weighted by Gasteiger charge is -2.23. The van der Waals surface area contributed by atoms with Crippen LogP contribution in [0.5, 0.6) is 0 Å². The number of carbonyl (C=O) groups is 2. The van der Waals surface area contributed by atoms with E-state index in [0.717, 1.165) is 12.8 Å². The van der Waals surface area contributed by atoms with Crippen molar-refractivity contribution < 1.29 is 14.7 Å². The summed E-state index contributed by atoms with van der Waals surface area (Å²) in [6.07, 6.45) is 2.82. The van der Waals surface area contributed by atoms with Gasteiger partial charge in [0.05, 0.1) is 0 Å².